The summed E-state index contributed by atoms with van der Waals surface area (Å²) in [5, 5.41) is 6.23. The minimum absolute atomic E-state index is 0.0385. The lowest BCUT2D eigenvalue weighted by Crippen LogP contribution is -2.16. The number of carbonyl (C=O) groups excluding carboxylic acids is 1. The standard InChI is InChI=1S/C19H22N2O3/c1-13(2)15-5-3-4-6-16(15)20-10-9-19(22)21-14-7-8-17-18(11-14)24-12-23-17/h3-8,11,13,20H,9-10,12H2,1-2H3,(H,21,22). The van der Waals surface area contributed by atoms with Gasteiger partial charge >= 0.3 is 0 Å². The lowest BCUT2D eigenvalue weighted by molar-refractivity contribution is -0.115. The Morgan fingerprint density at radius 1 is 1.12 bits per heavy atom. The monoisotopic (exact) mass is 326 g/mol. The van der Waals surface area contributed by atoms with Gasteiger partial charge in [0.15, 0.2) is 11.5 Å². The molecule has 0 atom stereocenters. The number of hydrogen-bond acceptors (Lipinski definition) is 4. The van der Waals surface area contributed by atoms with Crippen LogP contribution in [-0.4, -0.2) is 19.2 Å². The first-order chi connectivity index (χ1) is 11.6. The van der Waals surface area contributed by atoms with Crippen molar-refractivity contribution in [1.29, 1.82) is 0 Å². The highest BCUT2D eigenvalue weighted by Gasteiger charge is 2.14. The number of rotatable bonds is 6. The minimum atomic E-state index is -0.0385. The molecule has 1 aliphatic heterocycles. The van der Waals surface area contributed by atoms with E-state index < -0.39 is 0 Å². The fourth-order valence-corrected chi connectivity index (χ4v) is 2.67. The number of benzene rings is 2. The lowest BCUT2D eigenvalue weighted by Gasteiger charge is -2.14. The van der Waals surface area contributed by atoms with E-state index in [1.807, 2.05) is 24.3 Å². The maximum atomic E-state index is 12.1. The highest BCUT2D eigenvalue weighted by atomic mass is 16.7. The van der Waals surface area contributed by atoms with Gasteiger partial charge in [-0.05, 0) is 29.7 Å². The van der Waals surface area contributed by atoms with Gasteiger partial charge in [0.05, 0.1) is 0 Å². The third-order valence-corrected chi connectivity index (χ3v) is 3.91. The number of fused-ring (bicyclic) bond motifs is 1. The molecule has 0 aliphatic carbocycles. The Labute approximate surface area is 142 Å². The molecule has 0 radical (unpaired) electrons. The van der Waals surface area contributed by atoms with Crippen molar-refractivity contribution in [2.24, 2.45) is 0 Å². The summed E-state index contributed by atoms with van der Waals surface area (Å²) in [4.78, 5) is 12.1. The Morgan fingerprint density at radius 2 is 1.92 bits per heavy atom. The topological polar surface area (TPSA) is 59.6 Å². The van der Waals surface area contributed by atoms with Gasteiger partial charge in [0.2, 0.25) is 12.7 Å². The van der Waals surface area contributed by atoms with Crippen LogP contribution in [0, 0.1) is 0 Å². The number of carbonyl (C=O) groups is 1. The minimum Gasteiger partial charge on any atom is -0.454 e. The summed E-state index contributed by atoms with van der Waals surface area (Å²) in [5.74, 6) is 1.77. The van der Waals surface area contributed by atoms with E-state index in [2.05, 4.69) is 30.5 Å². The molecule has 2 N–H and O–H groups in total. The predicted octanol–water partition coefficient (Wildman–Crippen LogP) is 3.98. The number of amides is 1. The summed E-state index contributed by atoms with van der Waals surface area (Å²) in [6, 6.07) is 13.6. The zero-order valence-electron chi connectivity index (χ0n) is 14.0. The first-order valence-corrected chi connectivity index (χ1v) is 8.16. The molecule has 0 saturated heterocycles. The highest BCUT2D eigenvalue weighted by molar-refractivity contribution is 5.91. The molecular formula is C19H22N2O3. The Morgan fingerprint density at radius 3 is 2.75 bits per heavy atom. The Hall–Kier alpha value is -2.69. The van der Waals surface area contributed by atoms with Crippen LogP contribution in [0.2, 0.25) is 0 Å². The largest absolute Gasteiger partial charge is 0.454 e. The van der Waals surface area contributed by atoms with E-state index in [1.54, 1.807) is 12.1 Å². The summed E-state index contributed by atoms with van der Waals surface area (Å²) >= 11 is 0. The molecule has 0 fully saturated rings. The molecule has 0 saturated carbocycles. The van der Waals surface area contributed by atoms with Gasteiger partial charge in [0.25, 0.3) is 0 Å². The Kier molecular flexibility index (Phi) is 4.89. The summed E-state index contributed by atoms with van der Waals surface area (Å²) in [7, 11) is 0. The van der Waals surface area contributed by atoms with Crippen molar-refractivity contribution in [2.75, 3.05) is 24.0 Å². The van der Waals surface area contributed by atoms with Crippen LogP contribution in [0.1, 0.15) is 31.7 Å². The molecule has 1 amide bonds. The normalized spacial score (nSPS) is 12.3. The van der Waals surface area contributed by atoms with Crippen LogP contribution in [-0.2, 0) is 4.79 Å². The quantitative estimate of drug-likeness (QED) is 0.843. The molecule has 2 aromatic rings. The van der Waals surface area contributed by atoms with Crippen molar-refractivity contribution in [3.05, 3.63) is 48.0 Å². The van der Waals surface area contributed by atoms with Crippen LogP contribution in [0.15, 0.2) is 42.5 Å². The smallest absolute Gasteiger partial charge is 0.231 e. The van der Waals surface area contributed by atoms with Gasteiger partial charge in [-0.3, -0.25) is 4.79 Å². The summed E-state index contributed by atoms with van der Waals surface area (Å²) in [6.07, 6.45) is 0.390. The number of ether oxygens (including phenoxy) is 2. The maximum absolute atomic E-state index is 12.1. The molecule has 24 heavy (non-hydrogen) atoms. The van der Waals surface area contributed by atoms with E-state index in [1.165, 1.54) is 5.56 Å². The second-order valence-electron chi connectivity index (χ2n) is 6.03. The summed E-state index contributed by atoms with van der Waals surface area (Å²) in [5.41, 5.74) is 3.06. The molecule has 2 aromatic carbocycles. The number of nitrogens with one attached hydrogen (secondary N) is 2. The number of hydrogen-bond donors (Lipinski definition) is 2. The van der Waals surface area contributed by atoms with Crippen molar-refractivity contribution < 1.29 is 14.3 Å². The summed E-state index contributed by atoms with van der Waals surface area (Å²) < 4.78 is 10.6. The van der Waals surface area contributed by atoms with E-state index in [4.69, 9.17) is 9.47 Å². The summed E-state index contributed by atoms with van der Waals surface area (Å²) in [6.45, 7) is 5.13. The van der Waals surface area contributed by atoms with Gasteiger partial charge in [-0.25, -0.2) is 0 Å². The van der Waals surface area contributed by atoms with Gasteiger partial charge in [0, 0.05) is 30.4 Å². The first-order valence-electron chi connectivity index (χ1n) is 8.16. The van der Waals surface area contributed by atoms with Crippen LogP contribution in [0.5, 0.6) is 11.5 Å². The van der Waals surface area contributed by atoms with Crippen molar-refractivity contribution in [2.45, 2.75) is 26.2 Å². The van der Waals surface area contributed by atoms with E-state index >= 15 is 0 Å². The molecule has 1 heterocycles. The van der Waals surface area contributed by atoms with Gasteiger partial charge in [-0.15, -0.1) is 0 Å². The number of para-hydroxylation sites is 1. The Bertz CT molecular complexity index is 728. The molecule has 5 heteroatoms. The van der Waals surface area contributed by atoms with Gasteiger partial charge in [-0.1, -0.05) is 32.0 Å². The molecule has 3 rings (SSSR count). The van der Waals surface area contributed by atoms with Crippen LogP contribution in [0.25, 0.3) is 0 Å². The number of anilines is 2. The van der Waals surface area contributed by atoms with Crippen LogP contribution in [0.3, 0.4) is 0 Å². The van der Waals surface area contributed by atoms with Crippen LogP contribution >= 0.6 is 0 Å². The molecule has 0 unspecified atom stereocenters. The molecule has 0 aromatic heterocycles. The lowest BCUT2D eigenvalue weighted by atomic mass is 10.0. The fraction of sp³-hybridized carbons (Fsp3) is 0.316. The van der Waals surface area contributed by atoms with E-state index in [0.29, 0.717) is 36.1 Å². The average Bonchev–Trinajstić information content (AvgIpc) is 3.03. The predicted molar refractivity (Wildman–Crippen MR) is 94.8 cm³/mol. The molecule has 5 nitrogen and oxygen atoms in total. The van der Waals surface area contributed by atoms with Gasteiger partial charge in [-0.2, -0.15) is 0 Å². The fourth-order valence-electron chi connectivity index (χ4n) is 2.67. The zero-order chi connectivity index (χ0) is 16.9. The third kappa shape index (κ3) is 3.79. The zero-order valence-corrected chi connectivity index (χ0v) is 14.0. The van der Waals surface area contributed by atoms with Crippen molar-refractivity contribution >= 4 is 17.3 Å². The van der Waals surface area contributed by atoms with Crippen LogP contribution in [0.4, 0.5) is 11.4 Å². The van der Waals surface area contributed by atoms with Gasteiger partial charge < -0.3 is 20.1 Å². The SMILES string of the molecule is CC(C)c1ccccc1NCCC(=O)Nc1ccc2c(c1)OCO2. The molecule has 0 bridgehead atoms. The van der Waals surface area contributed by atoms with Crippen LogP contribution < -0.4 is 20.1 Å². The van der Waals surface area contributed by atoms with E-state index in [-0.39, 0.29) is 12.7 Å². The molecular weight excluding hydrogens is 304 g/mol. The van der Waals surface area contributed by atoms with Crippen molar-refractivity contribution in [3.8, 4) is 11.5 Å². The van der Waals surface area contributed by atoms with Crippen molar-refractivity contribution in [3.63, 3.8) is 0 Å². The maximum Gasteiger partial charge on any atom is 0.231 e. The Balaban J connectivity index is 1.51. The van der Waals surface area contributed by atoms with E-state index in [0.717, 1.165) is 5.69 Å². The highest BCUT2D eigenvalue weighted by Crippen LogP contribution is 2.34. The second-order valence-corrected chi connectivity index (χ2v) is 6.03. The van der Waals surface area contributed by atoms with E-state index in [9.17, 15) is 4.79 Å². The molecule has 0 spiro atoms. The molecule has 126 valence electrons. The van der Waals surface area contributed by atoms with Crippen molar-refractivity contribution in [1.82, 2.24) is 0 Å². The average molecular weight is 326 g/mol. The van der Waals surface area contributed by atoms with Gasteiger partial charge in [0.1, 0.15) is 0 Å². The molecule has 1 aliphatic rings. The second kappa shape index (κ2) is 7.25. The third-order valence-electron chi connectivity index (χ3n) is 3.91. The first kappa shape index (κ1) is 16.2.